The number of carbonyl (C=O) groups excluding carboxylic acids is 3. The summed E-state index contributed by atoms with van der Waals surface area (Å²) in [6.45, 7) is -0.107. The summed E-state index contributed by atoms with van der Waals surface area (Å²) >= 11 is 3.30. The fourth-order valence-electron chi connectivity index (χ4n) is 2.85. The number of carbonyl (C=O) groups is 3. The summed E-state index contributed by atoms with van der Waals surface area (Å²) in [5, 5.41) is 0. The van der Waals surface area contributed by atoms with Crippen molar-refractivity contribution in [1.82, 2.24) is 0 Å². The molecule has 0 N–H and O–H groups in total. The topological polar surface area (TPSA) is 72.9 Å². The number of esters is 1. The first kappa shape index (κ1) is 19.1. The zero-order chi connectivity index (χ0) is 19.4. The first-order valence-corrected chi connectivity index (χ1v) is 9.17. The lowest BCUT2D eigenvalue weighted by atomic mass is 10.1. The van der Waals surface area contributed by atoms with E-state index in [-0.39, 0.29) is 31.3 Å². The minimum absolute atomic E-state index is 0.0668. The van der Waals surface area contributed by atoms with E-state index in [1.54, 1.807) is 60.5 Å². The molecule has 1 aliphatic heterocycles. The zero-order valence-electron chi connectivity index (χ0n) is 14.7. The molecule has 2 aromatic rings. The second-order valence-corrected chi connectivity index (χ2v) is 7.06. The minimum Gasteiger partial charge on any atom is -0.497 e. The molecule has 27 heavy (non-hydrogen) atoms. The number of hydrogen-bond acceptors (Lipinski definition) is 5. The van der Waals surface area contributed by atoms with Crippen molar-refractivity contribution >= 4 is 39.3 Å². The highest BCUT2D eigenvalue weighted by Gasteiger charge is 2.36. The van der Waals surface area contributed by atoms with Crippen LogP contribution in [0, 0.1) is 5.92 Å². The molecule has 3 rings (SSSR count). The molecule has 1 aliphatic rings. The first-order valence-electron chi connectivity index (χ1n) is 8.37. The molecule has 0 aliphatic carbocycles. The van der Waals surface area contributed by atoms with Crippen LogP contribution in [0.15, 0.2) is 53.0 Å². The lowest BCUT2D eigenvalue weighted by Crippen LogP contribution is -2.27. The van der Waals surface area contributed by atoms with Crippen molar-refractivity contribution in [2.45, 2.75) is 6.42 Å². The molecule has 0 unspecified atom stereocenters. The fourth-order valence-corrected chi connectivity index (χ4v) is 3.12. The van der Waals surface area contributed by atoms with Gasteiger partial charge in [0, 0.05) is 28.7 Å². The average molecular weight is 432 g/mol. The summed E-state index contributed by atoms with van der Waals surface area (Å²) in [4.78, 5) is 38.2. The highest BCUT2D eigenvalue weighted by molar-refractivity contribution is 9.10. The summed E-state index contributed by atoms with van der Waals surface area (Å²) in [5.74, 6) is -0.872. The number of nitrogens with zero attached hydrogens (tertiary/aromatic N) is 1. The average Bonchev–Trinajstić information content (AvgIpc) is 3.08. The van der Waals surface area contributed by atoms with Crippen molar-refractivity contribution in [1.29, 1.82) is 0 Å². The third-order valence-corrected chi connectivity index (χ3v) is 4.88. The standard InChI is InChI=1S/C20H18BrNO5/c1-26-17-8-6-16(7-9-17)22-11-14(10-19(22)24)20(25)27-12-18(23)13-2-4-15(21)5-3-13/h2-9,14H,10-12H2,1H3/t14-/m1/s1. The maximum Gasteiger partial charge on any atom is 0.311 e. The Morgan fingerprint density at radius 1 is 1.11 bits per heavy atom. The molecule has 0 bridgehead atoms. The molecule has 1 amide bonds. The third-order valence-electron chi connectivity index (χ3n) is 4.35. The number of benzene rings is 2. The maximum absolute atomic E-state index is 12.3. The van der Waals surface area contributed by atoms with Crippen molar-refractivity contribution in [3.63, 3.8) is 0 Å². The summed E-state index contributed by atoms with van der Waals surface area (Å²) < 4.78 is 11.1. The van der Waals surface area contributed by atoms with Crippen LogP contribution in [0.1, 0.15) is 16.8 Å². The number of anilines is 1. The molecule has 1 saturated heterocycles. The Bertz CT molecular complexity index is 848. The normalized spacial score (nSPS) is 16.3. The third kappa shape index (κ3) is 4.54. The number of halogens is 1. The van der Waals surface area contributed by atoms with E-state index in [2.05, 4.69) is 15.9 Å². The zero-order valence-corrected chi connectivity index (χ0v) is 16.3. The van der Waals surface area contributed by atoms with E-state index >= 15 is 0 Å². The van der Waals surface area contributed by atoms with Gasteiger partial charge in [-0.1, -0.05) is 28.1 Å². The van der Waals surface area contributed by atoms with E-state index in [1.807, 2.05) is 0 Å². The van der Waals surface area contributed by atoms with Crippen LogP contribution in [0.2, 0.25) is 0 Å². The monoisotopic (exact) mass is 431 g/mol. The van der Waals surface area contributed by atoms with E-state index < -0.39 is 11.9 Å². The van der Waals surface area contributed by atoms with Crippen LogP contribution in [0.3, 0.4) is 0 Å². The van der Waals surface area contributed by atoms with Gasteiger partial charge in [0.1, 0.15) is 5.75 Å². The number of ketones is 1. The molecule has 1 fully saturated rings. The predicted molar refractivity (Wildman–Crippen MR) is 103 cm³/mol. The molecular weight excluding hydrogens is 414 g/mol. The lowest BCUT2D eigenvalue weighted by molar-refractivity contribution is -0.147. The van der Waals surface area contributed by atoms with E-state index in [1.165, 1.54) is 0 Å². The molecule has 0 spiro atoms. The van der Waals surface area contributed by atoms with Crippen LogP contribution in [-0.2, 0) is 14.3 Å². The van der Waals surface area contributed by atoms with E-state index in [4.69, 9.17) is 9.47 Å². The van der Waals surface area contributed by atoms with Crippen molar-refractivity contribution in [2.75, 3.05) is 25.2 Å². The number of ether oxygens (including phenoxy) is 2. The minimum atomic E-state index is -0.586. The van der Waals surface area contributed by atoms with E-state index in [9.17, 15) is 14.4 Å². The molecule has 0 radical (unpaired) electrons. The second-order valence-electron chi connectivity index (χ2n) is 6.14. The molecule has 1 heterocycles. The molecule has 0 aromatic heterocycles. The quantitative estimate of drug-likeness (QED) is 0.518. The largest absolute Gasteiger partial charge is 0.497 e. The number of hydrogen-bond donors (Lipinski definition) is 0. The number of methoxy groups -OCH3 is 1. The van der Waals surface area contributed by atoms with Crippen LogP contribution in [0.5, 0.6) is 5.75 Å². The van der Waals surface area contributed by atoms with Crippen LogP contribution >= 0.6 is 15.9 Å². The van der Waals surface area contributed by atoms with Gasteiger partial charge >= 0.3 is 5.97 Å². The van der Waals surface area contributed by atoms with Gasteiger partial charge in [-0.2, -0.15) is 0 Å². The number of Topliss-reactive ketones (excluding diaryl/α,β-unsaturated/α-hetero) is 1. The molecule has 140 valence electrons. The van der Waals surface area contributed by atoms with Gasteiger partial charge < -0.3 is 14.4 Å². The van der Waals surface area contributed by atoms with Gasteiger partial charge in [-0.15, -0.1) is 0 Å². The SMILES string of the molecule is COc1ccc(N2C[C@H](C(=O)OCC(=O)c3ccc(Br)cc3)CC2=O)cc1. The Morgan fingerprint density at radius 3 is 2.41 bits per heavy atom. The molecule has 6 nitrogen and oxygen atoms in total. The Hall–Kier alpha value is -2.67. The van der Waals surface area contributed by atoms with Crippen molar-refractivity contribution in [2.24, 2.45) is 5.92 Å². The van der Waals surface area contributed by atoms with Crippen molar-refractivity contribution < 1.29 is 23.9 Å². The second kappa shape index (κ2) is 8.35. The van der Waals surface area contributed by atoms with Gasteiger partial charge in [-0.05, 0) is 36.4 Å². The van der Waals surface area contributed by atoms with Crippen LogP contribution in [0.4, 0.5) is 5.69 Å². The Labute approximate surface area is 165 Å². The van der Waals surface area contributed by atoms with Gasteiger partial charge in [-0.25, -0.2) is 0 Å². The number of amides is 1. The van der Waals surface area contributed by atoms with E-state index in [0.717, 1.165) is 4.47 Å². The fraction of sp³-hybridized carbons (Fsp3) is 0.250. The van der Waals surface area contributed by atoms with Crippen molar-refractivity contribution in [3.8, 4) is 5.75 Å². The number of rotatable bonds is 6. The summed E-state index contributed by atoms with van der Waals surface area (Å²) in [6, 6.07) is 13.9. The highest BCUT2D eigenvalue weighted by Crippen LogP contribution is 2.27. The van der Waals surface area contributed by atoms with Gasteiger partial charge in [0.25, 0.3) is 0 Å². The maximum atomic E-state index is 12.3. The van der Waals surface area contributed by atoms with Gasteiger partial charge in [0.05, 0.1) is 13.0 Å². The predicted octanol–water partition coefficient (Wildman–Crippen LogP) is 3.24. The first-order chi connectivity index (χ1) is 13.0. The smallest absolute Gasteiger partial charge is 0.311 e. The molecule has 2 aromatic carbocycles. The molecule has 1 atom stereocenters. The Kier molecular flexibility index (Phi) is 5.91. The van der Waals surface area contributed by atoms with Gasteiger partial charge in [0.15, 0.2) is 12.4 Å². The van der Waals surface area contributed by atoms with Gasteiger partial charge in [-0.3, -0.25) is 14.4 Å². The Balaban J connectivity index is 1.56. The van der Waals surface area contributed by atoms with Crippen LogP contribution in [0.25, 0.3) is 0 Å². The Morgan fingerprint density at radius 2 is 1.78 bits per heavy atom. The van der Waals surface area contributed by atoms with Gasteiger partial charge in [0.2, 0.25) is 5.91 Å². The van der Waals surface area contributed by atoms with Crippen molar-refractivity contribution in [3.05, 3.63) is 58.6 Å². The van der Waals surface area contributed by atoms with Crippen LogP contribution < -0.4 is 9.64 Å². The van der Waals surface area contributed by atoms with Crippen LogP contribution in [-0.4, -0.2) is 37.9 Å². The summed E-state index contributed by atoms with van der Waals surface area (Å²) in [7, 11) is 1.57. The molecule has 7 heteroatoms. The van der Waals surface area contributed by atoms with E-state index in [0.29, 0.717) is 17.0 Å². The lowest BCUT2D eigenvalue weighted by Gasteiger charge is -2.16. The molecule has 0 saturated carbocycles. The summed E-state index contributed by atoms with van der Waals surface area (Å²) in [5.41, 5.74) is 1.16. The summed E-state index contributed by atoms with van der Waals surface area (Å²) in [6.07, 6.45) is 0.0668. The highest BCUT2D eigenvalue weighted by atomic mass is 79.9. The molecular formula is C20H18BrNO5.